The number of hydrogen-bond donors (Lipinski definition) is 2. The molecule has 3 rings (SSSR count). The van der Waals surface area contributed by atoms with Gasteiger partial charge in [-0.05, 0) is 49.7 Å². The fourth-order valence-corrected chi connectivity index (χ4v) is 2.70. The fraction of sp³-hybridized carbons (Fsp3) is 0.211. The van der Waals surface area contributed by atoms with Crippen molar-refractivity contribution in [1.29, 1.82) is 0 Å². The topological polar surface area (TPSA) is 92.7 Å². The van der Waals surface area contributed by atoms with E-state index in [0.29, 0.717) is 11.3 Å². The molecule has 128 valence electrons. The number of aryl methyl sites for hydroxylation is 1. The third kappa shape index (κ3) is 3.24. The maximum absolute atomic E-state index is 12.3. The number of benzene rings is 2. The molecule has 0 bridgehead atoms. The molecule has 0 fully saturated rings. The van der Waals surface area contributed by atoms with Crippen LogP contribution in [0.2, 0.25) is 0 Å². The Labute approximate surface area is 144 Å². The maximum Gasteiger partial charge on any atom is 0.342 e. The van der Waals surface area contributed by atoms with Crippen LogP contribution >= 0.6 is 0 Å². The van der Waals surface area contributed by atoms with Crippen molar-refractivity contribution in [3.63, 3.8) is 0 Å². The van der Waals surface area contributed by atoms with Gasteiger partial charge in [0.15, 0.2) is 12.4 Å². The van der Waals surface area contributed by atoms with Gasteiger partial charge in [0, 0.05) is 11.3 Å². The molecule has 0 aromatic heterocycles. The Kier molecular flexibility index (Phi) is 4.27. The Morgan fingerprint density at radius 2 is 1.96 bits per heavy atom. The van der Waals surface area contributed by atoms with Crippen LogP contribution in [0.25, 0.3) is 0 Å². The molecule has 0 spiro atoms. The molecule has 0 saturated carbocycles. The number of amides is 1. The number of carbonyl (C=O) groups is 3. The lowest BCUT2D eigenvalue weighted by Gasteiger charge is -2.08. The zero-order valence-corrected chi connectivity index (χ0v) is 13.8. The minimum Gasteiger partial charge on any atom is -0.507 e. The second-order valence-corrected chi connectivity index (χ2v) is 6.03. The average Bonchev–Trinajstić information content (AvgIpc) is 2.88. The zero-order chi connectivity index (χ0) is 18.1. The third-order valence-corrected chi connectivity index (χ3v) is 4.20. The van der Waals surface area contributed by atoms with Crippen LogP contribution in [0.15, 0.2) is 36.4 Å². The van der Waals surface area contributed by atoms with E-state index >= 15 is 0 Å². The number of esters is 1. The van der Waals surface area contributed by atoms with Gasteiger partial charge < -0.3 is 15.2 Å². The molecule has 25 heavy (non-hydrogen) atoms. The summed E-state index contributed by atoms with van der Waals surface area (Å²) in [5, 5.41) is 12.5. The lowest BCUT2D eigenvalue weighted by Crippen LogP contribution is -2.14. The molecule has 1 heterocycles. The lowest BCUT2D eigenvalue weighted by atomic mass is 9.99. The van der Waals surface area contributed by atoms with E-state index in [1.165, 1.54) is 12.1 Å². The number of carbonyl (C=O) groups excluding carboxylic acids is 3. The molecule has 0 aliphatic carbocycles. The minimum atomic E-state index is -0.763. The Bertz CT molecular complexity index is 887. The largest absolute Gasteiger partial charge is 0.507 e. The number of ketones is 1. The van der Waals surface area contributed by atoms with Crippen LogP contribution in [0.4, 0.5) is 5.69 Å². The van der Waals surface area contributed by atoms with Crippen LogP contribution < -0.4 is 5.32 Å². The number of phenolic OH excluding ortho intramolecular Hbond substituents is 1. The van der Waals surface area contributed by atoms with E-state index in [2.05, 4.69) is 5.32 Å². The Hall–Kier alpha value is -3.15. The summed E-state index contributed by atoms with van der Waals surface area (Å²) in [6.45, 7) is 3.10. The summed E-state index contributed by atoms with van der Waals surface area (Å²) in [6.07, 6.45) is 0. The summed E-state index contributed by atoms with van der Waals surface area (Å²) >= 11 is 0. The first-order chi connectivity index (χ1) is 11.9. The smallest absolute Gasteiger partial charge is 0.342 e. The summed E-state index contributed by atoms with van der Waals surface area (Å²) in [5.74, 6) is -1.77. The van der Waals surface area contributed by atoms with E-state index in [1.807, 2.05) is 0 Å². The molecule has 2 aromatic carbocycles. The van der Waals surface area contributed by atoms with Crippen LogP contribution in [0.5, 0.6) is 5.75 Å². The quantitative estimate of drug-likeness (QED) is 0.660. The maximum atomic E-state index is 12.3. The van der Waals surface area contributed by atoms with Crippen LogP contribution in [0.3, 0.4) is 0 Å². The van der Waals surface area contributed by atoms with Gasteiger partial charge in [0.25, 0.3) is 0 Å². The standard InChI is InChI=1S/C19H17NO5/c1-10-3-6-16(21)14(7-10)19(24)25-9-17(22)12-4-5-15-13(8-12)11(2)18(23)20-15/h3-8,11,21H,9H2,1-2H3,(H,20,23)/t11-/m1/s1. The molecule has 1 atom stereocenters. The Morgan fingerprint density at radius 3 is 2.72 bits per heavy atom. The first-order valence-electron chi connectivity index (χ1n) is 7.81. The highest BCUT2D eigenvalue weighted by Gasteiger charge is 2.27. The molecule has 0 saturated heterocycles. The fourth-order valence-electron chi connectivity index (χ4n) is 2.70. The van der Waals surface area contributed by atoms with Gasteiger partial charge in [0.1, 0.15) is 11.3 Å². The van der Waals surface area contributed by atoms with Gasteiger partial charge in [-0.15, -0.1) is 0 Å². The van der Waals surface area contributed by atoms with Crippen molar-refractivity contribution in [2.75, 3.05) is 11.9 Å². The van der Waals surface area contributed by atoms with Gasteiger partial charge >= 0.3 is 5.97 Å². The molecule has 1 aliphatic rings. The number of nitrogens with one attached hydrogen (secondary N) is 1. The number of phenols is 1. The van der Waals surface area contributed by atoms with Gasteiger partial charge in [-0.25, -0.2) is 4.79 Å². The monoisotopic (exact) mass is 339 g/mol. The highest BCUT2D eigenvalue weighted by molar-refractivity contribution is 6.05. The zero-order valence-electron chi connectivity index (χ0n) is 13.8. The van der Waals surface area contributed by atoms with Crippen molar-refractivity contribution >= 4 is 23.3 Å². The predicted molar refractivity (Wildman–Crippen MR) is 90.9 cm³/mol. The van der Waals surface area contributed by atoms with Crippen molar-refractivity contribution in [3.05, 3.63) is 58.7 Å². The lowest BCUT2D eigenvalue weighted by molar-refractivity contribution is -0.116. The van der Waals surface area contributed by atoms with Crippen molar-refractivity contribution < 1.29 is 24.2 Å². The summed E-state index contributed by atoms with van der Waals surface area (Å²) in [5.41, 5.74) is 2.61. The summed E-state index contributed by atoms with van der Waals surface area (Å²) < 4.78 is 5.02. The normalized spacial score (nSPS) is 15.4. The molecule has 1 aliphatic heterocycles. The van der Waals surface area contributed by atoms with E-state index in [1.54, 1.807) is 38.1 Å². The highest BCUT2D eigenvalue weighted by atomic mass is 16.5. The first-order valence-corrected chi connectivity index (χ1v) is 7.81. The summed E-state index contributed by atoms with van der Waals surface area (Å²) in [6, 6.07) is 9.45. The Balaban J connectivity index is 1.70. The number of hydrogen-bond acceptors (Lipinski definition) is 5. The van der Waals surface area contributed by atoms with Crippen molar-refractivity contribution in [1.82, 2.24) is 0 Å². The van der Waals surface area contributed by atoms with Gasteiger partial charge in [0.05, 0.1) is 5.92 Å². The van der Waals surface area contributed by atoms with Crippen LogP contribution in [0, 0.1) is 6.92 Å². The molecular weight excluding hydrogens is 322 g/mol. The Morgan fingerprint density at radius 1 is 1.20 bits per heavy atom. The minimum absolute atomic E-state index is 0.0187. The van der Waals surface area contributed by atoms with Crippen molar-refractivity contribution in [2.24, 2.45) is 0 Å². The summed E-state index contributed by atoms with van der Waals surface area (Å²) in [4.78, 5) is 36.0. The van der Waals surface area contributed by atoms with Gasteiger partial charge in [-0.3, -0.25) is 9.59 Å². The molecule has 6 heteroatoms. The van der Waals surface area contributed by atoms with Crippen molar-refractivity contribution in [2.45, 2.75) is 19.8 Å². The van der Waals surface area contributed by atoms with E-state index in [-0.39, 0.29) is 28.9 Å². The molecule has 2 aromatic rings. The number of aromatic hydroxyl groups is 1. The molecule has 6 nitrogen and oxygen atoms in total. The van der Waals surface area contributed by atoms with Crippen LogP contribution in [-0.2, 0) is 9.53 Å². The molecule has 0 unspecified atom stereocenters. The highest BCUT2D eigenvalue weighted by Crippen LogP contribution is 2.32. The number of anilines is 1. The van der Waals surface area contributed by atoms with E-state index < -0.39 is 12.6 Å². The van der Waals surface area contributed by atoms with Crippen LogP contribution in [0.1, 0.15) is 44.7 Å². The molecule has 1 amide bonds. The third-order valence-electron chi connectivity index (χ3n) is 4.20. The van der Waals surface area contributed by atoms with Crippen LogP contribution in [-0.4, -0.2) is 29.4 Å². The van der Waals surface area contributed by atoms with E-state index in [4.69, 9.17) is 4.74 Å². The molecule has 0 radical (unpaired) electrons. The number of ether oxygens (including phenoxy) is 1. The molecular formula is C19H17NO5. The second-order valence-electron chi connectivity index (χ2n) is 6.03. The van der Waals surface area contributed by atoms with E-state index in [0.717, 1.165) is 11.1 Å². The van der Waals surface area contributed by atoms with E-state index in [9.17, 15) is 19.5 Å². The first kappa shape index (κ1) is 16.7. The predicted octanol–water partition coefficient (Wildman–Crippen LogP) is 2.80. The number of rotatable bonds is 4. The van der Waals surface area contributed by atoms with Gasteiger partial charge in [-0.1, -0.05) is 11.6 Å². The number of Topliss-reactive ketones (excluding diaryl/α,β-unsaturated/α-hetero) is 1. The van der Waals surface area contributed by atoms with Gasteiger partial charge in [-0.2, -0.15) is 0 Å². The van der Waals surface area contributed by atoms with Gasteiger partial charge in [0.2, 0.25) is 5.91 Å². The SMILES string of the molecule is Cc1ccc(O)c(C(=O)OCC(=O)c2ccc3c(c2)[C@@H](C)C(=O)N3)c1. The second kappa shape index (κ2) is 6.39. The summed E-state index contributed by atoms with van der Waals surface area (Å²) in [7, 11) is 0. The molecule has 2 N–H and O–H groups in total. The average molecular weight is 339 g/mol. The number of fused-ring (bicyclic) bond motifs is 1. The van der Waals surface area contributed by atoms with Crippen molar-refractivity contribution in [3.8, 4) is 5.75 Å².